The fourth-order valence-electron chi connectivity index (χ4n) is 0.870. The minimum absolute atomic E-state index is 0.268. The van der Waals surface area contributed by atoms with Gasteiger partial charge in [0.25, 0.3) is 0 Å². The normalized spacial score (nSPS) is 12.1. The van der Waals surface area contributed by atoms with Crippen molar-refractivity contribution in [2.24, 2.45) is 5.73 Å². The van der Waals surface area contributed by atoms with E-state index in [0.717, 1.165) is 5.56 Å². The summed E-state index contributed by atoms with van der Waals surface area (Å²) < 4.78 is 0. The Kier molecular flexibility index (Phi) is 2.30. The van der Waals surface area contributed by atoms with Gasteiger partial charge in [-0.05, 0) is 12.5 Å². The number of rotatable bonds is 1. The molecule has 0 spiro atoms. The Labute approximate surface area is 67.2 Å². The van der Waals surface area contributed by atoms with Crippen molar-refractivity contribution in [2.75, 3.05) is 0 Å². The van der Waals surface area contributed by atoms with Crippen molar-refractivity contribution >= 4 is 0 Å². The van der Waals surface area contributed by atoms with Crippen molar-refractivity contribution in [2.45, 2.75) is 13.0 Å². The van der Waals surface area contributed by atoms with E-state index >= 15 is 0 Å². The predicted octanol–water partition coefficient (Wildman–Crippen LogP) is 1.63. The smallest absolute Gasteiger partial charge is 0.0918 e. The van der Waals surface area contributed by atoms with E-state index in [1.54, 1.807) is 0 Å². The Balaban J connectivity index is 2.92. The molecule has 0 saturated carbocycles. The summed E-state index contributed by atoms with van der Waals surface area (Å²) in [5.41, 5.74) is 7.83. The van der Waals surface area contributed by atoms with Gasteiger partial charge in [0, 0.05) is 0 Å². The van der Waals surface area contributed by atoms with Gasteiger partial charge in [-0.1, -0.05) is 35.7 Å². The third-order valence-corrected chi connectivity index (χ3v) is 1.62. The van der Waals surface area contributed by atoms with Crippen LogP contribution in [-0.2, 0) is 0 Å². The van der Waals surface area contributed by atoms with E-state index in [4.69, 9.17) is 12.2 Å². The molecule has 0 fully saturated rings. The zero-order valence-corrected chi connectivity index (χ0v) is 6.54. The fourth-order valence-corrected chi connectivity index (χ4v) is 0.870. The summed E-state index contributed by atoms with van der Waals surface area (Å²) in [6.45, 7) is 2.03. The lowest BCUT2D eigenvalue weighted by Gasteiger charge is -2.03. The lowest BCUT2D eigenvalue weighted by Crippen LogP contribution is -2.06. The number of aryl methyl sites for hydroxylation is 1. The van der Waals surface area contributed by atoms with E-state index in [1.807, 2.05) is 31.2 Å². The second kappa shape index (κ2) is 3.23. The molecule has 1 nitrogen and oxygen atoms in total. The van der Waals surface area contributed by atoms with E-state index < -0.39 is 0 Å². The summed E-state index contributed by atoms with van der Waals surface area (Å²) in [6.07, 6.45) is 5.17. The highest BCUT2D eigenvalue weighted by Gasteiger charge is 1.98. The van der Waals surface area contributed by atoms with Gasteiger partial charge in [0.2, 0.25) is 0 Å². The van der Waals surface area contributed by atoms with Crippen LogP contribution in [0.3, 0.4) is 0 Å². The predicted molar refractivity (Wildman–Crippen MR) is 46.9 cm³/mol. The first-order chi connectivity index (χ1) is 5.24. The molecule has 0 aliphatic rings. The summed E-state index contributed by atoms with van der Waals surface area (Å²) in [5.74, 6) is 2.48. The lowest BCUT2D eigenvalue weighted by atomic mass is 10.1. The minimum atomic E-state index is -0.268. The SMILES string of the molecule is C#CC(N)c1ccc(C)cc1. The van der Waals surface area contributed by atoms with E-state index in [-0.39, 0.29) is 6.04 Å². The fraction of sp³-hybridized carbons (Fsp3) is 0.200. The Morgan fingerprint density at radius 1 is 1.36 bits per heavy atom. The highest BCUT2D eigenvalue weighted by molar-refractivity contribution is 5.28. The second-order valence-corrected chi connectivity index (χ2v) is 2.56. The Hall–Kier alpha value is -1.26. The molecule has 0 amide bonds. The highest BCUT2D eigenvalue weighted by Crippen LogP contribution is 2.09. The zero-order valence-electron chi connectivity index (χ0n) is 6.54. The van der Waals surface area contributed by atoms with Crippen LogP contribution in [0.2, 0.25) is 0 Å². The molecule has 0 radical (unpaired) electrons. The van der Waals surface area contributed by atoms with Gasteiger partial charge in [0.05, 0.1) is 6.04 Å². The van der Waals surface area contributed by atoms with Crippen LogP contribution in [-0.4, -0.2) is 0 Å². The van der Waals surface area contributed by atoms with Gasteiger partial charge < -0.3 is 5.73 Å². The molecule has 1 aromatic rings. The molecule has 1 heteroatoms. The largest absolute Gasteiger partial charge is 0.314 e. The number of benzene rings is 1. The molecule has 0 aromatic heterocycles. The van der Waals surface area contributed by atoms with Crippen LogP contribution in [0.15, 0.2) is 24.3 Å². The van der Waals surface area contributed by atoms with E-state index in [2.05, 4.69) is 5.92 Å². The van der Waals surface area contributed by atoms with Crippen molar-refractivity contribution in [3.05, 3.63) is 35.4 Å². The van der Waals surface area contributed by atoms with Gasteiger partial charge in [-0.15, -0.1) is 6.42 Å². The van der Waals surface area contributed by atoms with Crippen LogP contribution >= 0.6 is 0 Å². The first-order valence-electron chi connectivity index (χ1n) is 3.52. The molecule has 0 aliphatic heterocycles. The maximum atomic E-state index is 5.61. The van der Waals surface area contributed by atoms with Crippen molar-refractivity contribution in [3.8, 4) is 12.3 Å². The molecule has 56 valence electrons. The molecular formula is C10H11N. The minimum Gasteiger partial charge on any atom is -0.314 e. The maximum Gasteiger partial charge on any atom is 0.0918 e. The first-order valence-corrected chi connectivity index (χ1v) is 3.52. The van der Waals surface area contributed by atoms with Crippen LogP contribution in [0, 0.1) is 19.3 Å². The topological polar surface area (TPSA) is 26.0 Å². The van der Waals surface area contributed by atoms with E-state index in [9.17, 15) is 0 Å². The van der Waals surface area contributed by atoms with E-state index in [0.29, 0.717) is 0 Å². The summed E-state index contributed by atoms with van der Waals surface area (Å²) in [4.78, 5) is 0. The Bertz CT molecular complexity index is 266. The average Bonchev–Trinajstić information content (AvgIpc) is 2.05. The number of terminal acetylenes is 1. The molecule has 1 rings (SSSR count). The molecule has 0 bridgehead atoms. The molecule has 2 N–H and O–H groups in total. The van der Waals surface area contributed by atoms with Gasteiger partial charge in [0.1, 0.15) is 0 Å². The molecule has 0 heterocycles. The number of hydrogen-bond acceptors (Lipinski definition) is 1. The summed E-state index contributed by atoms with van der Waals surface area (Å²) in [6, 6.07) is 7.66. The van der Waals surface area contributed by atoms with Gasteiger partial charge in [-0.2, -0.15) is 0 Å². The maximum absolute atomic E-state index is 5.61. The van der Waals surface area contributed by atoms with Gasteiger partial charge >= 0.3 is 0 Å². The van der Waals surface area contributed by atoms with Crippen molar-refractivity contribution < 1.29 is 0 Å². The average molecular weight is 145 g/mol. The van der Waals surface area contributed by atoms with Crippen LogP contribution in [0.25, 0.3) is 0 Å². The molecular weight excluding hydrogens is 134 g/mol. The van der Waals surface area contributed by atoms with Gasteiger partial charge in [-0.3, -0.25) is 0 Å². The third-order valence-electron chi connectivity index (χ3n) is 1.62. The third kappa shape index (κ3) is 1.83. The van der Waals surface area contributed by atoms with Crippen LogP contribution in [0.5, 0.6) is 0 Å². The van der Waals surface area contributed by atoms with Gasteiger partial charge in [0.15, 0.2) is 0 Å². The molecule has 1 atom stereocenters. The second-order valence-electron chi connectivity index (χ2n) is 2.56. The van der Waals surface area contributed by atoms with Crippen LogP contribution in [0.4, 0.5) is 0 Å². The Morgan fingerprint density at radius 3 is 2.36 bits per heavy atom. The highest BCUT2D eigenvalue weighted by atomic mass is 14.6. The summed E-state index contributed by atoms with van der Waals surface area (Å²) in [7, 11) is 0. The summed E-state index contributed by atoms with van der Waals surface area (Å²) >= 11 is 0. The van der Waals surface area contributed by atoms with Crippen molar-refractivity contribution in [1.82, 2.24) is 0 Å². The van der Waals surface area contributed by atoms with E-state index in [1.165, 1.54) is 5.56 Å². The first kappa shape index (κ1) is 7.84. The lowest BCUT2D eigenvalue weighted by molar-refractivity contribution is 0.945. The molecule has 0 saturated heterocycles. The Morgan fingerprint density at radius 2 is 1.91 bits per heavy atom. The monoisotopic (exact) mass is 145 g/mol. The molecule has 1 aromatic carbocycles. The number of hydrogen-bond donors (Lipinski definition) is 1. The standard InChI is InChI=1S/C10H11N/c1-3-10(11)9-6-4-8(2)5-7-9/h1,4-7,10H,11H2,2H3. The van der Waals surface area contributed by atoms with Crippen molar-refractivity contribution in [3.63, 3.8) is 0 Å². The van der Waals surface area contributed by atoms with Crippen molar-refractivity contribution in [1.29, 1.82) is 0 Å². The van der Waals surface area contributed by atoms with Crippen LogP contribution in [0.1, 0.15) is 17.2 Å². The zero-order chi connectivity index (χ0) is 8.27. The molecule has 1 unspecified atom stereocenters. The molecule has 11 heavy (non-hydrogen) atoms. The number of nitrogens with two attached hydrogens (primary N) is 1. The molecule has 0 aliphatic carbocycles. The van der Waals surface area contributed by atoms with Crippen LogP contribution < -0.4 is 5.73 Å². The quantitative estimate of drug-likeness (QED) is 0.597. The van der Waals surface area contributed by atoms with Gasteiger partial charge in [-0.25, -0.2) is 0 Å². The summed E-state index contributed by atoms with van der Waals surface area (Å²) in [5, 5.41) is 0.